The van der Waals surface area contributed by atoms with E-state index < -0.39 is 5.69 Å². The van der Waals surface area contributed by atoms with E-state index in [4.69, 9.17) is 16.3 Å². The van der Waals surface area contributed by atoms with Crippen molar-refractivity contribution in [1.29, 1.82) is 0 Å². The van der Waals surface area contributed by atoms with E-state index in [0.717, 1.165) is 5.56 Å². The van der Waals surface area contributed by atoms with Crippen LogP contribution in [0.25, 0.3) is 0 Å². The first-order chi connectivity index (χ1) is 6.64. The van der Waals surface area contributed by atoms with E-state index in [1.165, 1.54) is 11.4 Å². The minimum Gasteiger partial charge on any atom is -0.793 e. The Morgan fingerprint density at radius 2 is 2.00 bits per heavy atom. The molecule has 0 bridgehead atoms. The summed E-state index contributed by atoms with van der Waals surface area (Å²) in [7, 11) is 0. The molecule has 0 N–H and O–H groups in total. The fraction of sp³-hybridized carbons (Fsp3) is 0.333. The maximum atomic E-state index is 11.5. The number of hydrogen-bond acceptors (Lipinski definition) is 4. The van der Waals surface area contributed by atoms with Crippen LogP contribution in [0.5, 0.6) is 0 Å². The van der Waals surface area contributed by atoms with Crippen LogP contribution in [0.15, 0.2) is 30.3 Å². The van der Waals surface area contributed by atoms with Crippen molar-refractivity contribution in [3.8, 4) is 0 Å². The van der Waals surface area contributed by atoms with E-state index in [1.54, 1.807) is 6.92 Å². The van der Waals surface area contributed by atoms with Crippen LogP contribution in [-0.4, -0.2) is 6.61 Å². The molecule has 0 amide bonds. The van der Waals surface area contributed by atoms with Crippen LogP contribution < -0.4 is 56.3 Å². The second-order valence-corrected chi connectivity index (χ2v) is 8.68. The van der Waals surface area contributed by atoms with Crippen LogP contribution in [0, 0.1) is 0 Å². The topological polar surface area (TPSA) is 32.3 Å². The first kappa shape index (κ1) is 16.8. The molecule has 1 rings (SSSR count). The van der Waals surface area contributed by atoms with E-state index >= 15 is 0 Å². The Bertz CT molecular complexity index is 321. The first-order valence-corrected chi connectivity index (χ1v) is 8.51. The zero-order valence-electron chi connectivity index (χ0n) is 8.88. The summed E-state index contributed by atoms with van der Waals surface area (Å²) < 4.78 is 4.98. The zero-order valence-corrected chi connectivity index (χ0v) is 14.5. The summed E-state index contributed by atoms with van der Waals surface area (Å²) in [5, 5.41) is 0. The number of rotatable bonds is 5. The number of benzene rings is 1. The van der Waals surface area contributed by atoms with E-state index in [-0.39, 0.29) is 51.4 Å². The van der Waals surface area contributed by atoms with Crippen molar-refractivity contribution in [2.75, 3.05) is 6.61 Å². The maximum Gasteiger partial charge on any atom is 1.00 e. The molecule has 2 nitrogen and oxygen atoms in total. The second kappa shape index (κ2) is 8.81. The van der Waals surface area contributed by atoms with Gasteiger partial charge in [-0.05, 0) is 12.5 Å². The van der Waals surface area contributed by atoms with Gasteiger partial charge in [-0.25, -0.2) is 0 Å². The fourth-order valence-electron chi connectivity index (χ4n) is 0.923. The number of hydrogen-bond donors (Lipinski definition) is 0. The molecule has 1 aromatic carbocycles. The van der Waals surface area contributed by atoms with Crippen molar-refractivity contribution in [2.24, 2.45) is 0 Å². The Balaban J connectivity index is 0.00000196. The van der Waals surface area contributed by atoms with Crippen molar-refractivity contribution >= 4 is 28.9 Å². The molecule has 78 valence electrons. The third-order valence-electron chi connectivity index (χ3n) is 1.52. The monoisotopic (exact) mass is 286 g/mol. The predicted molar refractivity (Wildman–Crippen MR) is 63.6 cm³/mol. The van der Waals surface area contributed by atoms with Gasteiger partial charge in [0, 0.05) is 18.1 Å². The third-order valence-corrected chi connectivity index (χ3v) is 5.79. The summed E-state index contributed by atoms with van der Waals surface area (Å²) >= 11 is 6.04. The molecule has 0 saturated carbocycles. The van der Waals surface area contributed by atoms with Crippen LogP contribution in [0.2, 0.25) is 0 Å². The molecule has 0 aliphatic rings. The molecule has 0 aliphatic carbocycles. The van der Waals surface area contributed by atoms with Crippen LogP contribution in [0.3, 0.4) is 0 Å². The van der Waals surface area contributed by atoms with E-state index in [1.807, 2.05) is 30.3 Å². The molecule has 1 unspecified atom stereocenters. The van der Waals surface area contributed by atoms with Gasteiger partial charge in [0.15, 0.2) is 0 Å². The van der Waals surface area contributed by atoms with Gasteiger partial charge in [0.1, 0.15) is 0 Å². The molecule has 0 aliphatic heterocycles. The molecule has 0 fully saturated rings. The normalized spacial score (nSPS) is 14.0. The van der Waals surface area contributed by atoms with Crippen molar-refractivity contribution < 1.29 is 60.8 Å². The molecule has 15 heavy (non-hydrogen) atoms. The van der Waals surface area contributed by atoms with Crippen molar-refractivity contribution in [2.45, 2.75) is 12.7 Å². The van der Waals surface area contributed by atoms with Gasteiger partial charge >= 0.3 is 51.4 Å². The Morgan fingerprint density at radius 3 is 2.53 bits per heavy atom. The Hall–Kier alpha value is 1.78. The average Bonchev–Trinajstić information content (AvgIpc) is 2.17. The molecule has 0 spiro atoms. The molecule has 6 heteroatoms. The summed E-state index contributed by atoms with van der Waals surface area (Å²) in [5.74, 6) is 0.640. The summed E-state index contributed by atoms with van der Waals surface area (Å²) in [6, 6.07) is 9.81. The van der Waals surface area contributed by atoms with Gasteiger partial charge in [-0.2, -0.15) is 0 Å². The summed E-state index contributed by atoms with van der Waals surface area (Å²) in [6.45, 7) is 2.20. The van der Waals surface area contributed by atoms with Gasteiger partial charge in [0.05, 0.1) is 0 Å². The van der Waals surface area contributed by atoms with Crippen molar-refractivity contribution in [3.05, 3.63) is 35.9 Å². The maximum absolute atomic E-state index is 11.5. The third kappa shape index (κ3) is 7.66. The Labute approximate surface area is 143 Å². The Morgan fingerprint density at radius 1 is 1.40 bits per heavy atom. The molecule has 0 aromatic heterocycles. The average molecular weight is 286 g/mol. The summed E-state index contributed by atoms with van der Waals surface area (Å²) in [6.07, 6.45) is 0. The van der Waals surface area contributed by atoms with Crippen LogP contribution in [0.4, 0.5) is 0 Å². The Kier molecular flexibility index (Phi) is 9.85. The van der Waals surface area contributed by atoms with E-state index in [9.17, 15) is 4.89 Å². The van der Waals surface area contributed by atoms with Crippen molar-refractivity contribution in [3.63, 3.8) is 0 Å². The van der Waals surface area contributed by atoms with Gasteiger partial charge in [0.25, 0.3) is 0 Å². The molecular weight excluding hydrogens is 274 g/mol. The van der Waals surface area contributed by atoms with Crippen molar-refractivity contribution in [1.82, 2.24) is 0 Å². The van der Waals surface area contributed by atoms with Gasteiger partial charge in [-0.3, -0.25) is 0 Å². The zero-order chi connectivity index (χ0) is 10.4. The fourth-order valence-corrected chi connectivity index (χ4v) is 4.07. The van der Waals surface area contributed by atoms with Gasteiger partial charge in [0.2, 0.25) is 0 Å². The minimum atomic E-state index is -2.86. The molecule has 0 radical (unpaired) electrons. The molecular formula is C9H12KO2PS2. The van der Waals surface area contributed by atoms with Gasteiger partial charge < -0.3 is 9.42 Å². The van der Waals surface area contributed by atoms with Crippen LogP contribution in [0.1, 0.15) is 12.5 Å². The molecule has 1 aromatic rings. The molecule has 0 saturated heterocycles. The van der Waals surface area contributed by atoms with Gasteiger partial charge in [-0.1, -0.05) is 42.1 Å². The second-order valence-electron chi connectivity index (χ2n) is 2.62. The SMILES string of the molecule is CCOP([O-])(=S)SCc1ccccc1.[K+]. The standard InChI is InChI=1S/C9H13O2PS2.K/c1-2-11-12(10,13)14-8-9-6-4-3-5-7-9;/h3-7H,2,8H2,1H3,(H,10,13);/q;+1/p-1. The minimum absolute atomic E-state index is 0. The predicted octanol–water partition coefficient (Wildman–Crippen LogP) is -0.455. The van der Waals surface area contributed by atoms with Gasteiger partial charge in [-0.15, -0.1) is 11.4 Å². The van der Waals surface area contributed by atoms with E-state index in [2.05, 4.69) is 0 Å². The van der Waals surface area contributed by atoms with Crippen LogP contribution >= 0.6 is 17.1 Å². The quantitative estimate of drug-likeness (QED) is 0.542. The summed E-state index contributed by atoms with van der Waals surface area (Å²) in [5.41, 5.74) is -1.74. The molecule has 1 atom stereocenters. The molecule has 0 heterocycles. The van der Waals surface area contributed by atoms with E-state index in [0.29, 0.717) is 12.4 Å². The smallest absolute Gasteiger partial charge is 0.793 e. The summed E-state index contributed by atoms with van der Waals surface area (Å²) in [4.78, 5) is 11.5. The van der Waals surface area contributed by atoms with Crippen LogP contribution in [-0.2, 0) is 22.1 Å². The first-order valence-electron chi connectivity index (χ1n) is 4.28. The largest absolute Gasteiger partial charge is 1.00 e.